The second-order valence-corrected chi connectivity index (χ2v) is 6.57. The van der Waals surface area contributed by atoms with Gasteiger partial charge in [-0.3, -0.25) is 0 Å². The smallest absolute Gasteiger partial charge is 0.0459 e. The Morgan fingerprint density at radius 1 is 1.17 bits per heavy atom. The van der Waals surface area contributed by atoms with Crippen molar-refractivity contribution < 1.29 is 0 Å². The molecule has 2 aliphatic carbocycles. The highest BCUT2D eigenvalue weighted by atomic mass is 79.9. The Bertz CT molecular complexity index is 598. The first-order valence-electron chi connectivity index (χ1n) is 6.84. The minimum Gasteiger partial charge on any atom is -0.358 e. The molecule has 2 aromatic rings. The lowest BCUT2D eigenvalue weighted by Crippen LogP contribution is -2.35. The van der Waals surface area contributed by atoms with Crippen molar-refractivity contribution in [3.8, 4) is 0 Å². The van der Waals surface area contributed by atoms with E-state index in [0.29, 0.717) is 6.04 Å². The summed E-state index contributed by atoms with van der Waals surface area (Å²) in [5.74, 6) is 0. The van der Waals surface area contributed by atoms with Crippen molar-refractivity contribution in [2.45, 2.75) is 44.2 Å². The summed E-state index contributed by atoms with van der Waals surface area (Å²) in [5.41, 5.74) is 4.28. The largest absolute Gasteiger partial charge is 0.358 e. The predicted octanol–water partition coefficient (Wildman–Crippen LogP) is 3.54. The van der Waals surface area contributed by atoms with Crippen LogP contribution in [-0.4, -0.2) is 17.1 Å². The van der Waals surface area contributed by atoms with E-state index in [0.717, 1.165) is 6.04 Å². The van der Waals surface area contributed by atoms with Crippen molar-refractivity contribution in [1.29, 1.82) is 0 Å². The number of hydrogen-bond acceptors (Lipinski definition) is 1. The standard InChI is InChI=1S/C15H17BrN2/c16-9-1-5-14-12(7-9)13-8-11(17-10-2-3-10)4-6-15(13)18-14/h1,5,7,10-11,17-18H,2-4,6,8H2. The summed E-state index contributed by atoms with van der Waals surface area (Å²) < 4.78 is 1.18. The molecular formula is C15H17BrN2. The van der Waals surface area contributed by atoms with Crippen molar-refractivity contribution in [3.05, 3.63) is 33.9 Å². The first-order valence-corrected chi connectivity index (χ1v) is 7.64. The second kappa shape index (κ2) is 4.10. The summed E-state index contributed by atoms with van der Waals surface area (Å²) in [7, 11) is 0. The van der Waals surface area contributed by atoms with Crippen LogP contribution in [-0.2, 0) is 12.8 Å². The van der Waals surface area contributed by atoms with Crippen molar-refractivity contribution in [2.24, 2.45) is 0 Å². The number of fused-ring (bicyclic) bond motifs is 3. The molecule has 0 bridgehead atoms. The maximum Gasteiger partial charge on any atom is 0.0459 e. The van der Waals surface area contributed by atoms with Crippen molar-refractivity contribution in [2.75, 3.05) is 0 Å². The Morgan fingerprint density at radius 3 is 2.89 bits per heavy atom. The van der Waals surface area contributed by atoms with E-state index in [2.05, 4.69) is 44.4 Å². The van der Waals surface area contributed by atoms with Gasteiger partial charge in [-0.1, -0.05) is 15.9 Å². The average Bonchev–Trinajstić information content (AvgIpc) is 3.10. The molecular weight excluding hydrogens is 288 g/mol. The molecule has 0 radical (unpaired) electrons. The first-order chi connectivity index (χ1) is 8.79. The molecule has 3 heteroatoms. The van der Waals surface area contributed by atoms with E-state index < -0.39 is 0 Å². The van der Waals surface area contributed by atoms with Gasteiger partial charge in [0.05, 0.1) is 0 Å². The lowest BCUT2D eigenvalue weighted by molar-refractivity contribution is 0.455. The highest BCUT2D eigenvalue weighted by Gasteiger charge is 2.28. The number of benzene rings is 1. The van der Waals surface area contributed by atoms with Gasteiger partial charge in [0.2, 0.25) is 0 Å². The predicted molar refractivity (Wildman–Crippen MR) is 78.0 cm³/mol. The van der Waals surface area contributed by atoms with Crippen LogP contribution >= 0.6 is 15.9 Å². The molecule has 1 saturated carbocycles. The summed E-state index contributed by atoms with van der Waals surface area (Å²) in [6, 6.07) is 8.05. The molecule has 0 aliphatic heterocycles. The molecule has 1 aromatic heterocycles. The third kappa shape index (κ3) is 1.90. The molecule has 2 N–H and O–H groups in total. The first kappa shape index (κ1) is 11.1. The molecule has 0 amide bonds. The third-order valence-electron chi connectivity index (χ3n) is 4.20. The van der Waals surface area contributed by atoms with Gasteiger partial charge in [-0.15, -0.1) is 0 Å². The van der Waals surface area contributed by atoms with Gasteiger partial charge < -0.3 is 10.3 Å². The summed E-state index contributed by atoms with van der Waals surface area (Å²) in [4.78, 5) is 3.58. The number of H-pyrrole nitrogens is 1. The lowest BCUT2D eigenvalue weighted by atomic mass is 9.91. The summed E-state index contributed by atoms with van der Waals surface area (Å²) in [5, 5.41) is 5.18. The van der Waals surface area contributed by atoms with Gasteiger partial charge in [0.1, 0.15) is 0 Å². The lowest BCUT2D eigenvalue weighted by Gasteiger charge is -2.23. The van der Waals surface area contributed by atoms with Gasteiger partial charge in [-0.05, 0) is 55.9 Å². The fourth-order valence-corrected chi connectivity index (χ4v) is 3.48. The maximum atomic E-state index is 3.78. The molecule has 4 rings (SSSR count). The Kier molecular flexibility index (Phi) is 2.52. The molecule has 2 aliphatic rings. The Balaban J connectivity index is 1.71. The van der Waals surface area contributed by atoms with Crippen LogP contribution in [0, 0.1) is 0 Å². The van der Waals surface area contributed by atoms with E-state index in [-0.39, 0.29) is 0 Å². The van der Waals surface area contributed by atoms with Crippen LogP contribution in [0.4, 0.5) is 0 Å². The van der Waals surface area contributed by atoms with E-state index in [9.17, 15) is 0 Å². The number of rotatable bonds is 2. The summed E-state index contributed by atoms with van der Waals surface area (Å²) in [6.07, 6.45) is 6.40. The average molecular weight is 305 g/mol. The van der Waals surface area contributed by atoms with E-state index in [1.54, 1.807) is 0 Å². The highest BCUT2D eigenvalue weighted by Crippen LogP contribution is 2.32. The molecule has 94 valence electrons. The third-order valence-corrected chi connectivity index (χ3v) is 4.69. The summed E-state index contributed by atoms with van der Waals surface area (Å²) in [6.45, 7) is 0. The zero-order chi connectivity index (χ0) is 12.1. The topological polar surface area (TPSA) is 27.8 Å². The SMILES string of the molecule is Brc1ccc2[nH]c3c(c2c1)CC(NC1CC1)CC3. The zero-order valence-electron chi connectivity index (χ0n) is 10.3. The molecule has 1 aromatic carbocycles. The van der Waals surface area contributed by atoms with E-state index in [1.165, 1.54) is 58.7 Å². The molecule has 1 atom stereocenters. The molecule has 1 fully saturated rings. The van der Waals surface area contributed by atoms with Crippen LogP contribution in [0.25, 0.3) is 10.9 Å². The van der Waals surface area contributed by atoms with Crippen molar-refractivity contribution in [3.63, 3.8) is 0 Å². The monoisotopic (exact) mass is 304 g/mol. The van der Waals surface area contributed by atoms with E-state index in [1.807, 2.05) is 0 Å². The fourth-order valence-electron chi connectivity index (χ4n) is 3.11. The number of aromatic amines is 1. The maximum absolute atomic E-state index is 3.78. The van der Waals surface area contributed by atoms with Crippen LogP contribution in [0.1, 0.15) is 30.5 Å². The van der Waals surface area contributed by atoms with Crippen LogP contribution in [0.15, 0.2) is 22.7 Å². The fraction of sp³-hybridized carbons (Fsp3) is 0.467. The van der Waals surface area contributed by atoms with Crippen LogP contribution in [0.2, 0.25) is 0 Å². The number of aromatic nitrogens is 1. The van der Waals surface area contributed by atoms with Crippen LogP contribution < -0.4 is 5.32 Å². The van der Waals surface area contributed by atoms with Gasteiger partial charge in [0.25, 0.3) is 0 Å². The second-order valence-electron chi connectivity index (χ2n) is 5.65. The van der Waals surface area contributed by atoms with Gasteiger partial charge in [-0.2, -0.15) is 0 Å². The Hall–Kier alpha value is -0.800. The number of aryl methyl sites for hydroxylation is 1. The van der Waals surface area contributed by atoms with Crippen LogP contribution in [0.3, 0.4) is 0 Å². The molecule has 1 heterocycles. The summed E-state index contributed by atoms with van der Waals surface area (Å²) >= 11 is 3.58. The Labute approximate surface area is 115 Å². The zero-order valence-corrected chi connectivity index (χ0v) is 11.9. The van der Waals surface area contributed by atoms with Crippen LogP contribution in [0.5, 0.6) is 0 Å². The molecule has 0 saturated heterocycles. The van der Waals surface area contributed by atoms with Crippen molar-refractivity contribution in [1.82, 2.24) is 10.3 Å². The molecule has 0 spiro atoms. The van der Waals surface area contributed by atoms with Gasteiger partial charge in [0, 0.05) is 33.2 Å². The minimum atomic E-state index is 0.683. The molecule has 18 heavy (non-hydrogen) atoms. The minimum absolute atomic E-state index is 0.683. The quantitative estimate of drug-likeness (QED) is 0.872. The Morgan fingerprint density at radius 2 is 2.06 bits per heavy atom. The van der Waals surface area contributed by atoms with Crippen molar-refractivity contribution >= 4 is 26.8 Å². The van der Waals surface area contributed by atoms with E-state index in [4.69, 9.17) is 0 Å². The van der Waals surface area contributed by atoms with Gasteiger partial charge in [-0.25, -0.2) is 0 Å². The number of halogens is 1. The number of nitrogens with one attached hydrogen (secondary N) is 2. The highest BCUT2D eigenvalue weighted by molar-refractivity contribution is 9.10. The molecule has 2 nitrogen and oxygen atoms in total. The molecule has 1 unspecified atom stereocenters. The van der Waals surface area contributed by atoms with E-state index >= 15 is 0 Å². The van der Waals surface area contributed by atoms with Gasteiger partial charge >= 0.3 is 0 Å². The van der Waals surface area contributed by atoms with Gasteiger partial charge in [0.15, 0.2) is 0 Å². The number of hydrogen-bond donors (Lipinski definition) is 2. The normalized spacial score (nSPS) is 23.3.